The van der Waals surface area contributed by atoms with E-state index in [1.54, 1.807) is 12.1 Å². The summed E-state index contributed by atoms with van der Waals surface area (Å²) in [6.45, 7) is 11.3. The van der Waals surface area contributed by atoms with Gasteiger partial charge in [-0.15, -0.1) is 0 Å². The highest BCUT2D eigenvalue weighted by Crippen LogP contribution is 2.17. The number of ether oxygens (including phenoxy) is 1. The predicted molar refractivity (Wildman–Crippen MR) is 105 cm³/mol. The van der Waals surface area contributed by atoms with Crippen LogP contribution in [0.15, 0.2) is 24.3 Å². The number of urea groups is 1. The second kappa shape index (κ2) is 9.37. The highest BCUT2D eigenvalue weighted by molar-refractivity contribution is 5.74. The summed E-state index contributed by atoms with van der Waals surface area (Å²) >= 11 is 0. The van der Waals surface area contributed by atoms with Gasteiger partial charge in [0.15, 0.2) is 0 Å². The fourth-order valence-electron chi connectivity index (χ4n) is 3.82. The van der Waals surface area contributed by atoms with Crippen molar-refractivity contribution >= 4 is 11.7 Å². The SMILES string of the molecule is CC(C)C(CNC(=O)N1CCN(c2ccc(F)cc2)CC1)N1CCOCC1. The Labute approximate surface area is 161 Å². The molecular formula is C20H31FN4O2. The molecule has 2 aliphatic heterocycles. The van der Waals surface area contributed by atoms with E-state index >= 15 is 0 Å². The quantitative estimate of drug-likeness (QED) is 0.852. The maximum Gasteiger partial charge on any atom is 0.317 e. The van der Waals surface area contributed by atoms with Crippen LogP contribution in [0.25, 0.3) is 0 Å². The number of anilines is 1. The van der Waals surface area contributed by atoms with Crippen molar-refractivity contribution < 1.29 is 13.9 Å². The molecule has 1 aromatic carbocycles. The van der Waals surface area contributed by atoms with E-state index in [0.29, 0.717) is 31.6 Å². The molecular weight excluding hydrogens is 347 g/mol. The van der Waals surface area contributed by atoms with Crippen LogP contribution in [-0.4, -0.2) is 80.9 Å². The molecule has 150 valence electrons. The smallest absolute Gasteiger partial charge is 0.317 e. The molecule has 0 aliphatic carbocycles. The Bertz CT molecular complexity index is 597. The average molecular weight is 378 g/mol. The van der Waals surface area contributed by atoms with Gasteiger partial charge in [0.25, 0.3) is 0 Å². The lowest BCUT2D eigenvalue weighted by atomic mass is 10.0. The Balaban J connectivity index is 1.46. The molecule has 0 saturated carbocycles. The van der Waals surface area contributed by atoms with Gasteiger partial charge in [0.05, 0.1) is 13.2 Å². The summed E-state index contributed by atoms with van der Waals surface area (Å²) in [5.41, 5.74) is 1.00. The van der Waals surface area contributed by atoms with Gasteiger partial charge in [-0.1, -0.05) is 13.8 Å². The number of carbonyl (C=O) groups is 1. The summed E-state index contributed by atoms with van der Waals surface area (Å²) in [6.07, 6.45) is 0. The van der Waals surface area contributed by atoms with E-state index in [1.165, 1.54) is 12.1 Å². The molecule has 27 heavy (non-hydrogen) atoms. The topological polar surface area (TPSA) is 48.1 Å². The molecule has 0 bridgehead atoms. The van der Waals surface area contributed by atoms with Crippen molar-refractivity contribution in [3.8, 4) is 0 Å². The van der Waals surface area contributed by atoms with Gasteiger partial charge in [-0.05, 0) is 30.2 Å². The van der Waals surface area contributed by atoms with Crippen LogP contribution >= 0.6 is 0 Å². The van der Waals surface area contributed by atoms with Crippen LogP contribution in [0.4, 0.5) is 14.9 Å². The number of rotatable bonds is 5. The van der Waals surface area contributed by atoms with Crippen molar-refractivity contribution in [2.24, 2.45) is 5.92 Å². The summed E-state index contributed by atoms with van der Waals surface area (Å²) in [5, 5.41) is 3.13. The van der Waals surface area contributed by atoms with Gasteiger partial charge >= 0.3 is 6.03 Å². The van der Waals surface area contributed by atoms with Crippen LogP contribution < -0.4 is 10.2 Å². The molecule has 3 rings (SSSR count). The van der Waals surface area contributed by atoms with Crippen molar-refractivity contribution in [1.29, 1.82) is 0 Å². The molecule has 1 unspecified atom stereocenters. The van der Waals surface area contributed by atoms with Crippen LogP contribution in [0.1, 0.15) is 13.8 Å². The molecule has 2 aliphatic rings. The van der Waals surface area contributed by atoms with Gasteiger partial charge in [-0.25, -0.2) is 9.18 Å². The van der Waals surface area contributed by atoms with Crippen LogP contribution in [-0.2, 0) is 4.74 Å². The highest BCUT2D eigenvalue weighted by Gasteiger charge is 2.26. The second-order valence-electron chi connectivity index (χ2n) is 7.60. The van der Waals surface area contributed by atoms with Crippen LogP contribution in [0.3, 0.4) is 0 Å². The maximum absolute atomic E-state index is 13.1. The van der Waals surface area contributed by atoms with E-state index in [1.807, 2.05) is 4.90 Å². The molecule has 0 aromatic heterocycles. The first-order valence-electron chi connectivity index (χ1n) is 9.89. The van der Waals surface area contributed by atoms with Crippen molar-refractivity contribution in [2.45, 2.75) is 19.9 Å². The van der Waals surface area contributed by atoms with E-state index in [2.05, 4.69) is 29.0 Å². The molecule has 0 spiro atoms. The fourth-order valence-corrected chi connectivity index (χ4v) is 3.82. The van der Waals surface area contributed by atoms with Crippen molar-refractivity contribution in [3.05, 3.63) is 30.1 Å². The Morgan fingerprint density at radius 3 is 2.30 bits per heavy atom. The zero-order valence-corrected chi connectivity index (χ0v) is 16.4. The number of hydrogen-bond acceptors (Lipinski definition) is 4. The van der Waals surface area contributed by atoms with E-state index in [9.17, 15) is 9.18 Å². The predicted octanol–water partition coefficient (Wildman–Crippen LogP) is 2.01. The van der Waals surface area contributed by atoms with Crippen molar-refractivity contribution in [3.63, 3.8) is 0 Å². The number of morpholine rings is 1. The average Bonchev–Trinajstić information content (AvgIpc) is 2.69. The first-order chi connectivity index (χ1) is 13.0. The first kappa shape index (κ1) is 19.9. The molecule has 2 saturated heterocycles. The number of hydrogen-bond donors (Lipinski definition) is 1. The summed E-state index contributed by atoms with van der Waals surface area (Å²) < 4.78 is 18.5. The molecule has 6 nitrogen and oxygen atoms in total. The molecule has 2 fully saturated rings. The number of amides is 2. The largest absolute Gasteiger partial charge is 0.379 e. The van der Waals surface area contributed by atoms with Crippen LogP contribution in [0.2, 0.25) is 0 Å². The van der Waals surface area contributed by atoms with Gasteiger partial charge in [-0.2, -0.15) is 0 Å². The summed E-state index contributed by atoms with van der Waals surface area (Å²) in [6, 6.07) is 6.88. The van der Waals surface area contributed by atoms with E-state index in [4.69, 9.17) is 4.74 Å². The summed E-state index contributed by atoms with van der Waals surface area (Å²) in [7, 11) is 0. The highest BCUT2D eigenvalue weighted by atomic mass is 19.1. The van der Waals surface area contributed by atoms with E-state index in [0.717, 1.165) is 45.1 Å². The third-order valence-corrected chi connectivity index (χ3v) is 5.51. The van der Waals surface area contributed by atoms with Crippen LogP contribution in [0, 0.1) is 11.7 Å². The van der Waals surface area contributed by atoms with E-state index in [-0.39, 0.29) is 11.8 Å². The first-order valence-corrected chi connectivity index (χ1v) is 9.89. The molecule has 2 amide bonds. The Kier molecular flexibility index (Phi) is 6.90. The van der Waals surface area contributed by atoms with E-state index < -0.39 is 0 Å². The lowest BCUT2D eigenvalue weighted by Gasteiger charge is -2.38. The molecule has 1 N–H and O–H groups in total. The molecule has 7 heteroatoms. The zero-order chi connectivity index (χ0) is 19.2. The maximum atomic E-state index is 13.1. The minimum Gasteiger partial charge on any atom is -0.379 e. The molecule has 1 atom stereocenters. The number of nitrogens with zero attached hydrogens (tertiary/aromatic N) is 3. The number of benzene rings is 1. The second-order valence-corrected chi connectivity index (χ2v) is 7.60. The summed E-state index contributed by atoms with van der Waals surface area (Å²) in [5.74, 6) is 0.246. The third-order valence-electron chi connectivity index (χ3n) is 5.51. The number of carbonyl (C=O) groups excluding carboxylic acids is 1. The number of piperazine rings is 1. The molecule has 0 radical (unpaired) electrons. The molecule has 2 heterocycles. The van der Waals surface area contributed by atoms with Gasteiger partial charge in [-0.3, -0.25) is 4.90 Å². The number of halogens is 1. The fraction of sp³-hybridized carbons (Fsp3) is 0.650. The normalized spacial score (nSPS) is 20.0. The zero-order valence-electron chi connectivity index (χ0n) is 16.4. The summed E-state index contributed by atoms with van der Waals surface area (Å²) in [4.78, 5) is 19.1. The van der Waals surface area contributed by atoms with Gasteiger partial charge in [0, 0.05) is 57.5 Å². The number of nitrogens with one attached hydrogen (secondary N) is 1. The Morgan fingerprint density at radius 2 is 1.70 bits per heavy atom. The van der Waals surface area contributed by atoms with Crippen LogP contribution in [0.5, 0.6) is 0 Å². The van der Waals surface area contributed by atoms with Gasteiger partial charge < -0.3 is 19.9 Å². The lowest BCUT2D eigenvalue weighted by Crippen LogP contribution is -2.55. The van der Waals surface area contributed by atoms with Gasteiger partial charge in [0.2, 0.25) is 0 Å². The Hall–Kier alpha value is -1.86. The van der Waals surface area contributed by atoms with Crippen molar-refractivity contribution in [2.75, 3.05) is 63.9 Å². The molecule has 1 aromatic rings. The monoisotopic (exact) mass is 378 g/mol. The lowest BCUT2D eigenvalue weighted by molar-refractivity contribution is 0.00693. The van der Waals surface area contributed by atoms with Crippen molar-refractivity contribution in [1.82, 2.24) is 15.1 Å². The minimum absolute atomic E-state index is 0.00710. The minimum atomic E-state index is -0.225. The van der Waals surface area contributed by atoms with Gasteiger partial charge in [0.1, 0.15) is 5.82 Å². The Morgan fingerprint density at radius 1 is 1.07 bits per heavy atom. The standard InChI is InChI=1S/C20H31FN4O2/c1-16(2)19(24-11-13-27-14-12-24)15-22-20(26)25-9-7-23(8-10-25)18-5-3-17(21)4-6-18/h3-6,16,19H,7-15H2,1-2H3,(H,22,26). The third kappa shape index (κ3) is 5.32.